The number of hydrogen-bond acceptors (Lipinski definition) is 1. The normalized spacial score (nSPS) is 17.4. The van der Waals surface area contributed by atoms with Gasteiger partial charge in [0.25, 0.3) is 0 Å². The first-order valence-corrected chi connectivity index (χ1v) is 5.77. The smallest absolute Gasteiger partial charge is 0.00158 e. The molecule has 0 aromatic rings. The van der Waals surface area contributed by atoms with Crippen molar-refractivity contribution in [1.29, 1.82) is 0 Å². The highest BCUT2D eigenvalue weighted by molar-refractivity contribution is 4.69. The number of unbranched alkanes of at least 4 members (excludes halogenated alkanes) is 1. The van der Waals surface area contributed by atoms with E-state index in [9.17, 15) is 0 Å². The van der Waals surface area contributed by atoms with Gasteiger partial charge in [0, 0.05) is 0 Å². The lowest BCUT2D eigenvalue weighted by Gasteiger charge is -2.25. The molecule has 0 bridgehead atoms. The molecule has 0 unspecified atom stereocenters. The second-order valence-electron chi connectivity index (χ2n) is 3.33. The highest BCUT2D eigenvalue weighted by Gasteiger charge is 2.07. The molecule has 1 aliphatic rings. The lowest BCUT2D eigenvalue weighted by atomic mass is 10.1. The van der Waals surface area contributed by atoms with Crippen LogP contribution < -0.4 is 0 Å². The summed E-state index contributed by atoms with van der Waals surface area (Å²) in [5.74, 6) is 0. The summed E-state index contributed by atoms with van der Waals surface area (Å²) in [6.07, 6.45) is 8.75. The maximum Gasteiger partial charge on any atom is -0.00158 e. The zero-order chi connectivity index (χ0) is 9.94. The van der Waals surface area contributed by atoms with Crippen LogP contribution >= 0.6 is 0 Å². The average molecular weight is 183 g/mol. The van der Waals surface area contributed by atoms with Gasteiger partial charge in [0.15, 0.2) is 0 Å². The van der Waals surface area contributed by atoms with Crippen molar-refractivity contribution in [2.45, 2.75) is 46.0 Å². The maximum absolute atomic E-state index is 3.72. The minimum absolute atomic E-state index is 1.18. The first-order valence-electron chi connectivity index (χ1n) is 5.77. The van der Waals surface area contributed by atoms with Crippen LogP contribution in [0.15, 0.2) is 12.7 Å². The van der Waals surface area contributed by atoms with Gasteiger partial charge in [0.2, 0.25) is 0 Å². The van der Waals surface area contributed by atoms with E-state index in [1.54, 1.807) is 0 Å². The molecular weight excluding hydrogens is 158 g/mol. The molecule has 0 amide bonds. The Morgan fingerprint density at radius 3 is 2.31 bits per heavy atom. The van der Waals surface area contributed by atoms with Crippen molar-refractivity contribution >= 4 is 0 Å². The van der Waals surface area contributed by atoms with Crippen molar-refractivity contribution in [3.63, 3.8) is 0 Å². The molecule has 1 heterocycles. The van der Waals surface area contributed by atoms with E-state index in [-0.39, 0.29) is 0 Å². The third-order valence-corrected chi connectivity index (χ3v) is 2.33. The van der Waals surface area contributed by atoms with E-state index in [0.29, 0.717) is 0 Å². The van der Waals surface area contributed by atoms with Crippen LogP contribution in [0.1, 0.15) is 46.0 Å². The molecule has 0 atom stereocenters. The summed E-state index contributed by atoms with van der Waals surface area (Å²) in [4.78, 5) is 2.58. The van der Waals surface area contributed by atoms with Gasteiger partial charge < -0.3 is 4.90 Å². The van der Waals surface area contributed by atoms with Gasteiger partial charge in [-0.2, -0.15) is 0 Å². The third kappa shape index (κ3) is 6.83. The minimum Gasteiger partial charge on any atom is -0.303 e. The number of rotatable bonds is 4. The fourth-order valence-electron chi connectivity index (χ4n) is 1.64. The summed E-state index contributed by atoms with van der Waals surface area (Å²) in [7, 11) is 0. The summed E-state index contributed by atoms with van der Waals surface area (Å²) >= 11 is 0. The largest absolute Gasteiger partial charge is 0.303 e. The molecule has 0 spiro atoms. The molecule has 1 saturated heterocycles. The first kappa shape index (κ1) is 12.7. The molecule has 0 aliphatic carbocycles. The van der Waals surface area contributed by atoms with E-state index in [4.69, 9.17) is 0 Å². The van der Waals surface area contributed by atoms with Crippen LogP contribution in [0, 0.1) is 0 Å². The lowest BCUT2D eigenvalue weighted by molar-refractivity contribution is 0.227. The minimum atomic E-state index is 1.18. The monoisotopic (exact) mass is 183 g/mol. The van der Waals surface area contributed by atoms with Gasteiger partial charge in [-0.05, 0) is 45.3 Å². The van der Waals surface area contributed by atoms with E-state index in [1.807, 2.05) is 19.9 Å². The summed E-state index contributed by atoms with van der Waals surface area (Å²) in [6.45, 7) is 11.7. The van der Waals surface area contributed by atoms with Gasteiger partial charge in [0.1, 0.15) is 0 Å². The standard InChI is InChI=1S/C10H19N.C2H6/c1-2-3-5-8-11-9-6-4-7-10-11;1-2/h2H,1,3-10H2;1-2H3. The van der Waals surface area contributed by atoms with Crippen LogP contribution in [0.2, 0.25) is 0 Å². The molecule has 0 aromatic carbocycles. The number of hydrogen-bond donors (Lipinski definition) is 0. The number of nitrogens with zero attached hydrogens (tertiary/aromatic N) is 1. The average Bonchev–Trinajstić information content (AvgIpc) is 2.23. The summed E-state index contributed by atoms with van der Waals surface area (Å²) in [5, 5.41) is 0. The summed E-state index contributed by atoms with van der Waals surface area (Å²) in [6, 6.07) is 0. The number of piperidine rings is 1. The molecule has 1 fully saturated rings. The van der Waals surface area contributed by atoms with Crippen molar-refractivity contribution in [1.82, 2.24) is 4.90 Å². The predicted molar refractivity (Wildman–Crippen MR) is 61.1 cm³/mol. The van der Waals surface area contributed by atoms with E-state index in [1.165, 1.54) is 51.7 Å². The first-order chi connectivity index (χ1) is 6.43. The van der Waals surface area contributed by atoms with Gasteiger partial charge in [-0.3, -0.25) is 0 Å². The van der Waals surface area contributed by atoms with Crippen molar-refractivity contribution < 1.29 is 0 Å². The van der Waals surface area contributed by atoms with Crippen LogP contribution in [0.5, 0.6) is 0 Å². The SMILES string of the molecule is C=CCCCN1CCCCC1.CC. The Balaban J connectivity index is 0.000000671. The Morgan fingerprint density at radius 2 is 1.77 bits per heavy atom. The number of allylic oxidation sites excluding steroid dienone is 1. The Labute approximate surface area is 83.8 Å². The number of likely N-dealkylation sites (tertiary alicyclic amines) is 1. The maximum atomic E-state index is 3.72. The summed E-state index contributed by atoms with van der Waals surface area (Å²) < 4.78 is 0. The van der Waals surface area contributed by atoms with Crippen molar-refractivity contribution in [3.8, 4) is 0 Å². The molecule has 1 heteroatoms. The van der Waals surface area contributed by atoms with E-state index in [0.717, 1.165) is 0 Å². The van der Waals surface area contributed by atoms with Crippen molar-refractivity contribution in [2.75, 3.05) is 19.6 Å². The quantitative estimate of drug-likeness (QED) is 0.476. The fraction of sp³-hybridized carbons (Fsp3) is 0.833. The van der Waals surface area contributed by atoms with Crippen molar-refractivity contribution in [3.05, 3.63) is 12.7 Å². The highest BCUT2D eigenvalue weighted by atomic mass is 15.1. The molecular formula is C12H25N. The Bertz CT molecular complexity index is 104. The van der Waals surface area contributed by atoms with Gasteiger partial charge in [-0.15, -0.1) is 6.58 Å². The molecule has 0 saturated carbocycles. The Hall–Kier alpha value is -0.300. The van der Waals surface area contributed by atoms with Gasteiger partial charge >= 0.3 is 0 Å². The topological polar surface area (TPSA) is 3.24 Å². The third-order valence-electron chi connectivity index (χ3n) is 2.33. The van der Waals surface area contributed by atoms with E-state index >= 15 is 0 Å². The molecule has 13 heavy (non-hydrogen) atoms. The predicted octanol–water partition coefficient (Wildman–Crippen LogP) is 3.46. The Kier molecular flexibility index (Phi) is 9.56. The second kappa shape index (κ2) is 9.79. The van der Waals surface area contributed by atoms with E-state index < -0.39 is 0 Å². The van der Waals surface area contributed by atoms with Crippen LogP contribution in [0.4, 0.5) is 0 Å². The molecule has 0 radical (unpaired) electrons. The lowest BCUT2D eigenvalue weighted by Crippen LogP contribution is -2.30. The van der Waals surface area contributed by atoms with Gasteiger partial charge in [-0.25, -0.2) is 0 Å². The van der Waals surface area contributed by atoms with Crippen molar-refractivity contribution in [2.24, 2.45) is 0 Å². The molecule has 78 valence electrons. The van der Waals surface area contributed by atoms with Crippen LogP contribution in [-0.2, 0) is 0 Å². The summed E-state index contributed by atoms with van der Waals surface area (Å²) in [5.41, 5.74) is 0. The van der Waals surface area contributed by atoms with Gasteiger partial charge in [0.05, 0.1) is 0 Å². The highest BCUT2D eigenvalue weighted by Crippen LogP contribution is 2.09. The van der Waals surface area contributed by atoms with Crippen LogP contribution in [-0.4, -0.2) is 24.5 Å². The second-order valence-corrected chi connectivity index (χ2v) is 3.33. The zero-order valence-corrected chi connectivity index (χ0v) is 9.39. The van der Waals surface area contributed by atoms with Crippen LogP contribution in [0.25, 0.3) is 0 Å². The van der Waals surface area contributed by atoms with Gasteiger partial charge in [-0.1, -0.05) is 26.3 Å². The Morgan fingerprint density at radius 1 is 1.15 bits per heavy atom. The molecule has 1 rings (SSSR count). The fourth-order valence-corrected chi connectivity index (χ4v) is 1.64. The molecule has 0 N–H and O–H groups in total. The van der Waals surface area contributed by atoms with Crippen LogP contribution in [0.3, 0.4) is 0 Å². The zero-order valence-electron chi connectivity index (χ0n) is 9.39. The molecule has 1 nitrogen and oxygen atoms in total. The van der Waals surface area contributed by atoms with E-state index in [2.05, 4.69) is 11.5 Å². The molecule has 0 aromatic heterocycles. The molecule has 1 aliphatic heterocycles.